The third-order valence-corrected chi connectivity index (χ3v) is 12.9. The Bertz CT molecular complexity index is 2550. The highest BCUT2D eigenvalue weighted by atomic mass is 35.5. The number of amides is 3. The molecule has 4 rings (SSSR count). The Morgan fingerprint density at radius 1 is 0.470 bits per heavy atom. The molecule has 9 N–H and O–H groups in total. The molecule has 0 aliphatic heterocycles. The highest BCUT2D eigenvalue weighted by Gasteiger charge is 2.52. The summed E-state index contributed by atoms with van der Waals surface area (Å²) in [5, 5.41) is 35.2. The van der Waals surface area contributed by atoms with Gasteiger partial charge in [0, 0.05) is 6.42 Å². The zero-order chi connectivity index (χ0) is 62.2. The number of halogens is 9. The van der Waals surface area contributed by atoms with Crippen LogP contribution in [0, 0.1) is 0 Å². The molecule has 4 aromatic rings. The number of aliphatic hydroxyl groups is 3. The molecule has 0 spiro atoms. The summed E-state index contributed by atoms with van der Waals surface area (Å²) in [6.07, 6.45) is -5.28. The van der Waals surface area contributed by atoms with Crippen molar-refractivity contribution in [3.8, 4) is 0 Å². The summed E-state index contributed by atoms with van der Waals surface area (Å²) in [5.74, 6) is -20.4. The third kappa shape index (κ3) is 25.0. The average molecular weight is 1240 g/mol. The first kappa shape index (κ1) is 73.0. The van der Waals surface area contributed by atoms with Gasteiger partial charge in [0.1, 0.15) is 56.8 Å². The van der Waals surface area contributed by atoms with E-state index in [9.17, 15) is 70.4 Å². The highest BCUT2D eigenvalue weighted by Crippen LogP contribution is 2.27. The van der Waals surface area contributed by atoms with E-state index in [-0.39, 0.29) is 45.5 Å². The molecule has 0 heterocycles. The monoisotopic (exact) mass is 1240 g/mol. The topological polar surface area (TPSA) is 263 Å². The van der Waals surface area contributed by atoms with Crippen LogP contribution in [0.2, 0.25) is 0 Å². The molecule has 0 fully saturated rings. The SMILES string of the molecule is CCC[C@H](NCl)C(O)C(F)(F)C(=O)NCC(=O)OCc1ccccc1.CCC[C@H](NCl)C(O)C(F)(F)C(=O)N[C@@H](C)C(=O)OCc1ccccc1.CCC[C@H](NCl)C(O)C(F)(F)C(=O)N[C@@H](Cc1ccccc1)C(=O)OCc1ccccc1. The van der Waals surface area contributed by atoms with Gasteiger partial charge in [0.2, 0.25) is 0 Å². The lowest BCUT2D eigenvalue weighted by Gasteiger charge is -2.29. The van der Waals surface area contributed by atoms with Gasteiger partial charge < -0.3 is 45.5 Å². The van der Waals surface area contributed by atoms with Crippen LogP contribution >= 0.6 is 35.3 Å². The summed E-state index contributed by atoms with van der Waals surface area (Å²) in [5.41, 5.74) is 2.79. The van der Waals surface area contributed by atoms with Gasteiger partial charge in [0.25, 0.3) is 17.7 Å². The predicted octanol–water partition coefficient (Wildman–Crippen LogP) is 7.26. The van der Waals surface area contributed by atoms with Crippen LogP contribution in [-0.4, -0.2) is 124 Å². The molecule has 460 valence electrons. The summed E-state index contributed by atoms with van der Waals surface area (Å²) >= 11 is 16.2. The van der Waals surface area contributed by atoms with E-state index in [1.165, 1.54) is 6.92 Å². The number of rotatable bonds is 32. The Balaban J connectivity index is 0.000000430. The van der Waals surface area contributed by atoms with Crippen molar-refractivity contribution in [2.45, 2.75) is 159 Å². The maximum absolute atomic E-state index is 14.7. The van der Waals surface area contributed by atoms with Crippen molar-refractivity contribution >= 4 is 71.0 Å². The molecule has 4 aromatic carbocycles. The van der Waals surface area contributed by atoms with Crippen molar-refractivity contribution in [1.29, 1.82) is 0 Å². The summed E-state index contributed by atoms with van der Waals surface area (Å²) in [6, 6.07) is 28.7. The molecule has 83 heavy (non-hydrogen) atoms. The molecule has 0 saturated heterocycles. The summed E-state index contributed by atoms with van der Waals surface area (Å²) in [4.78, 5) is 78.1. The summed E-state index contributed by atoms with van der Waals surface area (Å²) in [7, 11) is 0. The van der Waals surface area contributed by atoms with Crippen molar-refractivity contribution in [2.24, 2.45) is 0 Å². The second-order valence-corrected chi connectivity index (χ2v) is 19.3. The van der Waals surface area contributed by atoms with E-state index in [1.807, 2.05) is 20.3 Å². The molecule has 3 amide bonds. The van der Waals surface area contributed by atoms with Gasteiger partial charge >= 0.3 is 35.7 Å². The first-order valence-electron chi connectivity index (χ1n) is 26.2. The van der Waals surface area contributed by atoms with Crippen LogP contribution in [0.25, 0.3) is 0 Å². The Morgan fingerprint density at radius 2 is 0.783 bits per heavy atom. The Labute approximate surface area is 493 Å². The van der Waals surface area contributed by atoms with Crippen LogP contribution in [0.4, 0.5) is 26.3 Å². The second-order valence-electron chi connectivity index (χ2n) is 18.6. The maximum Gasteiger partial charge on any atom is 0.351 e. The van der Waals surface area contributed by atoms with Crippen molar-refractivity contribution in [2.75, 3.05) is 6.54 Å². The molecule has 0 saturated carbocycles. The first-order valence-corrected chi connectivity index (χ1v) is 27.3. The number of carbonyl (C=O) groups is 6. The minimum atomic E-state index is -4.18. The number of nitrogens with one attached hydrogen (secondary N) is 6. The second kappa shape index (κ2) is 38.0. The van der Waals surface area contributed by atoms with Gasteiger partial charge in [-0.15, -0.1) is 0 Å². The van der Waals surface area contributed by atoms with Gasteiger partial charge in [-0.05, 0) is 83.8 Å². The fraction of sp³-hybridized carbons (Fsp3) is 0.464. The number of benzene rings is 4. The third-order valence-electron chi connectivity index (χ3n) is 12.0. The minimum Gasteiger partial charge on any atom is -0.460 e. The van der Waals surface area contributed by atoms with Crippen LogP contribution in [-0.2, 0) is 69.2 Å². The molecule has 3 unspecified atom stereocenters. The molecule has 0 bridgehead atoms. The Kier molecular flexibility index (Phi) is 33.4. The number of ether oxygens (including phenoxy) is 3. The maximum atomic E-state index is 14.7. The number of esters is 3. The Hall–Kier alpha value is -6.09. The van der Waals surface area contributed by atoms with E-state index >= 15 is 0 Å². The van der Waals surface area contributed by atoms with E-state index in [0.717, 1.165) is 11.1 Å². The number of alkyl halides is 6. The molecular weight excluding hydrogens is 1170 g/mol. The zero-order valence-corrected chi connectivity index (χ0v) is 48.1. The smallest absolute Gasteiger partial charge is 0.351 e. The molecule has 0 radical (unpaired) electrons. The number of carbonyl (C=O) groups excluding carboxylic acids is 6. The molecule has 27 heteroatoms. The predicted molar refractivity (Wildman–Crippen MR) is 297 cm³/mol. The zero-order valence-electron chi connectivity index (χ0n) is 45.9. The van der Waals surface area contributed by atoms with E-state index < -0.39 is 108 Å². The van der Waals surface area contributed by atoms with Crippen LogP contribution in [0.3, 0.4) is 0 Å². The normalized spacial score (nSPS) is 14.4. The van der Waals surface area contributed by atoms with Gasteiger partial charge in [-0.2, -0.15) is 26.3 Å². The highest BCUT2D eigenvalue weighted by molar-refractivity contribution is 6.14. The van der Waals surface area contributed by atoms with Crippen molar-refractivity contribution in [1.82, 2.24) is 30.5 Å². The van der Waals surface area contributed by atoms with Crippen molar-refractivity contribution in [3.05, 3.63) is 144 Å². The van der Waals surface area contributed by atoms with Crippen LogP contribution in [0.5, 0.6) is 0 Å². The van der Waals surface area contributed by atoms with Gasteiger partial charge in [-0.1, -0.05) is 161 Å². The van der Waals surface area contributed by atoms with Crippen molar-refractivity contribution < 1.29 is 84.6 Å². The lowest BCUT2D eigenvalue weighted by Crippen LogP contribution is -2.58. The van der Waals surface area contributed by atoms with Crippen LogP contribution in [0.1, 0.15) is 88.5 Å². The standard InChI is InChI=1S/C23H27ClF2N2O4.C17H23ClF2N2O4.C16H21ClF2N2O4/c1-2-9-18(28-24)20(29)23(25,26)22(31)27-19(14-16-10-5-3-6-11-16)21(30)32-15-17-12-7-4-8-13-17;1-3-7-13(22-18)14(23)17(19,20)16(25)21-11(2)15(24)26-10-12-8-5-4-6-9-12;1-2-6-12(21-17)14(23)16(18,19)15(24)20-9-13(22)25-10-11-7-4-3-5-8-11/h3-8,10-13,18-20,28-29H,2,9,14-15H2,1H3,(H,27,31);4-6,8-9,11,13-14,22-23H,3,7,10H2,1-2H3,(H,21,25);3-5,7-8,12,14,21,23H,2,6,9-10H2,1H3,(H,20,24)/t18-,19-,20?;11-,13-,14?;12-,14?/m000/s1. The van der Waals surface area contributed by atoms with Crippen LogP contribution < -0.4 is 30.5 Å². The molecule has 18 nitrogen and oxygen atoms in total. The van der Waals surface area contributed by atoms with E-state index in [0.29, 0.717) is 30.4 Å². The van der Waals surface area contributed by atoms with Gasteiger partial charge in [0.15, 0.2) is 0 Å². The molecule has 0 aliphatic rings. The lowest BCUT2D eigenvalue weighted by atomic mass is 9.99. The van der Waals surface area contributed by atoms with E-state index in [1.54, 1.807) is 147 Å². The first-order chi connectivity index (χ1) is 39.3. The van der Waals surface area contributed by atoms with E-state index in [4.69, 9.17) is 49.5 Å². The molecular formula is C56H71Cl3F6N6O12. The Morgan fingerprint density at radius 3 is 1.13 bits per heavy atom. The molecule has 8 atom stereocenters. The van der Waals surface area contributed by atoms with Crippen molar-refractivity contribution in [3.63, 3.8) is 0 Å². The summed E-state index contributed by atoms with van der Waals surface area (Å²) < 4.78 is 101. The number of hydrogen-bond donors (Lipinski definition) is 9. The minimum absolute atomic E-state index is 0.0384. The van der Waals surface area contributed by atoms with Gasteiger partial charge in [0.05, 0.1) is 18.1 Å². The van der Waals surface area contributed by atoms with Gasteiger partial charge in [-0.3, -0.25) is 19.2 Å². The van der Waals surface area contributed by atoms with Crippen LogP contribution in [0.15, 0.2) is 121 Å². The molecule has 0 aliphatic carbocycles. The summed E-state index contributed by atoms with van der Waals surface area (Å²) in [6.45, 7) is 5.49. The fourth-order valence-electron chi connectivity index (χ4n) is 7.30. The quantitative estimate of drug-likeness (QED) is 0.0101. The lowest BCUT2D eigenvalue weighted by molar-refractivity contribution is -0.169. The number of hydrogen-bond acceptors (Lipinski definition) is 15. The molecule has 0 aromatic heterocycles. The average Bonchev–Trinajstić information content (AvgIpc) is 3.63. The van der Waals surface area contributed by atoms with E-state index in [2.05, 4.69) is 4.84 Å². The van der Waals surface area contributed by atoms with Gasteiger partial charge in [-0.25, -0.2) is 24.1 Å². The largest absolute Gasteiger partial charge is 0.460 e. The fourth-order valence-corrected chi connectivity index (χ4v) is 7.99. The number of aliphatic hydroxyl groups excluding tert-OH is 3.